The Morgan fingerprint density at radius 1 is 1.15 bits per heavy atom. The van der Waals surface area contributed by atoms with Gasteiger partial charge in [0.25, 0.3) is 0 Å². The Bertz CT molecular complexity index is 1280. The SMILES string of the molecule is Bc1cnn2c(NCCCN(CCC)Cc3cccc(N=O)c3)cc(-c3ccccc3O)nc12. The number of nitrogens with one attached hydrogen (secondary N) is 1. The zero-order chi connectivity index (χ0) is 23.9. The van der Waals surface area contributed by atoms with E-state index in [1.807, 2.05) is 44.2 Å². The van der Waals surface area contributed by atoms with Gasteiger partial charge in [0.1, 0.15) is 25.1 Å². The van der Waals surface area contributed by atoms with Crippen molar-refractivity contribution in [3.8, 4) is 17.0 Å². The second-order valence-electron chi connectivity index (χ2n) is 8.42. The van der Waals surface area contributed by atoms with Crippen LogP contribution in [0.2, 0.25) is 0 Å². The van der Waals surface area contributed by atoms with Crippen LogP contribution in [-0.2, 0) is 6.54 Å². The molecule has 0 aliphatic carbocycles. The molecule has 8 nitrogen and oxygen atoms in total. The zero-order valence-corrected chi connectivity index (χ0v) is 19.6. The first-order chi connectivity index (χ1) is 16.6. The maximum absolute atomic E-state index is 10.8. The minimum atomic E-state index is 0.200. The van der Waals surface area contributed by atoms with E-state index in [0.717, 1.165) is 61.5 Å². The van der Waals surface area contributed by atoms with Crippen LogP contribution in [0.1, 0.15) is 25.3 Å². The van der Waals surface area contributed by atoms with Crippen molar-refractivity contribution in [2.75, 3.05) is 25.0 Å². The lowest BCUT2D eigenvalue weighted by Gasteiger charge is -2.22. The molecule has 0 aliphatic rings. The minimum Gasteiger partial charge on any atom is -0.507 e. The molecule has 0 bridgehead atoms. The number of nitrogens with zero attached hydrogens (tertiary/aromatic N) is 5. The summed E-state index contributed by atoms with van der Waals surface area (Å²) in [6.07, 6.45) is 3.79. The van der Waals surface area contributed by atoms with Crippen LogP contribution in [0.4, 0.5) is 11.5 Å². The van der Waals surface area contributed by atoms with Crippen molar-refractivity contribution in [1.29, 1.82) is 0 Å². The zero-order valence-electron chi connectivity index (χ0n) is 19.6. The minimum absolute atomic E-state index is 0.200. The van der Waals surface area contributed by atoms with Crippen LogP contribution in [0, 0.1) is 4.91 Å². The molecule has 9 heteroatoms. The number of benzene rings is 2. The number of fused-ring (bicyclic) bond motifs is 1. The fourth-order valence-electron chi connectivity index (χ4n) is 4.10. The molecular weight excluding hydrogens is 427 g/mol. The van der Waals surface area contributed by atoms with Gasteiger partial charge in [0, 0.05) is 37.5 Å². The third kappa shape index (κ3) is 5.43. The van der Waals surface area contributed by atoms with E-state index in [4.69, 9.17) is 4.98 Å². The molecule has 174 valence electrons. The van der Waals surface area contributed by atoms with Crippen molar-refractivity contribution in [2.45, 2.75) is 26.3 Å². The number of hydrogen-bond donors (Lipinski definition) is 2. The van der Waals surface area contributed by atoms with Gasteiger partial charge in [-0.05, 0) is 59.9 Å². The number of phenols is 1. The predicted molar refractivity (Wildman–Crippen MR) is 139 cm³/mol. The Labute approximate surface area is 200 Å². The third-order valence-electron chi connectivity index (χ3n) is 5.75. The molecule has 0 saturated heterocycles. The molecule has 0 saturated carbocycles. The second-order valence-corrected chi connectivity index (χ2v) is 8.42. The number of aromatic nitrogens is 3. The molecule has 2 aromatic carbocycles. The predicted octanol–water partition coefficient (Wildman–Crippen LogP) is 3.47. The summed E-state index contributed by atoms with van der Waals surface area (Å²) < 4.78 is 1.81. The van der Waals surface area contributed by atoms with Crippen molar-refractivity contribution in [2.24, 2.45) is 5.18 Å². The van der Waals surface area contributed by atoms with E-state index in [2.05, 4.69) is 27.4 Å². The molecule has 0 unspecified atom stereocenters. The van der Waals surface area contributed by atoms with Crippen LogP contribution in [-0.4, -0.2) is 52.1 Å². The average molecular weight is 456 g/mol. The summed E-state index contributed by atoms with van der Waals surface area (Å²) in [5.41, 5.74) is 4.68. The quantitative estimate of drug-likeness (QED) is 0.204. The van der Waals surface area contributed by atoms with Gasteiger partial charge in [0.15, 0.2) is 5.65 Å². The normalized spacial score (nSPS) is 11.2. The highest BCUT2D eigenvalue weighted by Gasteiger charge is 2.13. The smallest absolute Gasteiger partial charge is 0.151 e. The van der Waals surface area contributed by atoms with Gasteiger partial charge < -0.3 is 10.4 Å². The van der Waals surface area contributed by atoms with E-state index in [1.165, 1.54) is 0 Å². The number of hydrogen-bond acceptors (Lipinski definition) is 7. The van der Waals surface area contributed by atoms with Crippen LogP contribution < -0.4 is 10.8 Å². The molecule has 2 N–H and O–H groups in total. The van der Waals surface area contributed by atoms with E-state index in [1.54, 1.807) is 28.9 Å². The van der Waals surface area contributed by atoms with Gasteiger partial charge in [0.05, 0.1) is 5.69 Å². The maximum Gasteiger partial charge on any atom is 0.151 e. The third-order valence-corrected chi connectivity index (χ3v) is 5.75. The monoisotopic (exact) mass is 456 g/mol. The average Bonchev–Trinajstić information content (AvgIpc) is 3.23. The van der Waals surface area contributed by atoms with E-state index in [-0.39, 0.29) is 5.75 Å². The van der Waals surface area contributed by atoms with Gasteiger partial charge in [0.2, 0.25) is 0 Å². The Kier molecular flexibility index (Phi) is 7.54. The number of anilines is 1. The lowest BCUT2D eigenvalue weighted by atomic mass is 10.0. The highest BCUT2D eigenvalue weighted by molar-refractivity contribution is 6.36. The van der Waals surface area contributed by atoms with Crippen molar-refractivity contribution in [1.82, 2.24) is 19.5 Å². The van der Waals surface area contributed by atoms with E-state index < -0.39 is 0 Å². The van der Waals surface area contributed by atoms with Crippen molar-refractivity contribution < 1.29 is 5.11 Å². The van der Waals surface area contributed by atoms with Crippen LogP contribution in [0.25, 0.3) is 16.9 Å². The van der Waals surface area contributed by atoms with Crippen molar-refractivity contribution in [3.63, 3.8) is 0 Å². The summed E-state index contributed by atoms with van der Waals surface area (Å²) in [6, 6.07) is 16.6. The summed E-state index contributed by atoms with van der Waals surface area (Å²) in [7, 11) is 1.98. The Morgan fingerprint density at radius 3 is 2.79 bits per heavy atom. The molecule has 4 aromatic rings. The Hall–Kier alpha value is -3.72. The number of rotatable bonds is 11. The molecular formula is C25H29BN6O2. The lowest BCUT2D eigenvalue weighted by molar-refractivity contribution is 0.265. The molecule has 0 amide bonds. The first-order valence-corrected chi connectivity index (χ1v) is 11.6. The van der Waals surface area contributed by atoms with Gasteiger partial charge in [-0.25, -0.2) is 4.98 Å². The van der Waals surface area contributed by atoms with Crippen molar-refractivity contribution in [3.05, 3.63) is 71.3 Å². The standard InChI is InChI=1S/C25H29BN6O2/c1-2-12-31(17-18-7-5-8-19(14-18)30-34)13-6-11-27-24-15-22(20-9-3-4-10-23(20)33)29-25-21(26)16-28-32(24)25/h3-5,7-10,14-16,27,33H,2,6,11-13,17,26H2,1H3. The van der Waals surface area contributed by atoms with Gasteiger partial charge in [-0.15, -0.1) is 4.91 Å². The number of aromatic hydroxyl groups is 1. The maximum atomic E-state index is 10.8. The summed E-state index contributed by atoms with van der Waals surface area (Å²) >= 11 is 0. The molecule has 0 fully saturated rings. The van der Waals surface area contributed by atoms with Crippen molar-refractivity contribution >= 4 is 30.5 Å². The molecule has 0 aliphatic heterocycles. The van der Waals surface area contributed by atoms with E-state index >= 15 is 0 Å². The fourth-order valence-corrected chi connectivity index (χ4v) is 4.10. The molecule has 0 spiro atoms. The van der Waals surface area contributed by atoms with Crippen LogP contribution >= 0.6 is 0 Å². The van der Waals surface area contributed by atoms with Gasteiger partial charge >= 0.3 is 0 Å². The molecule has 4 rings (SSSR count). The van der Waals surface area contributed by atoms with Crippen LogP contribution in [0.3, 0.4) is 0 Å². The van der Waals surface area contributed by atoms with E-state index in [0.29, 0.717) is 16.9 Å². The fraction of sp³-hybridized carbons (Fsp3) is 0.280. The van der Waals surface area contributed by atoms with Crippen LogP contribution in [0.5, 0.6) is 5.75 Å². The number of phenolic OH excluding ortho intramolecular Hbond substituents is 1. The largest absolute Gasteiger partial charge is 0.507 e. The molecule has 2 aromatic heterocycles. The lowest BCUT2D eigenvalue weighted by Crippen LogP contribution is -2.26. The Morgan fingerprint density at radius 2 is 2.00 bits per heavy atom. The molecule has 0 radical (unpaired) electrons. The first-order valence-electron chi connectivity index (χ1n) is 11.6. The van der Waals surface area contributed by atoms with Gasteiger partial charge in [-0.2, -0.15) is 9.61 Å². The molecule has 2 heterocycles. The summed E-state index contributed by atoms with van der Waals surface area (Å²) in [4.78, 5) is 18.0. The molecule has 34 heavy (non-hydrogen) atoms. The number of para-hydroxylation sites is 1. The Balaban J connectivity index is 1.45. The summed E-state index contributed by atoms with van der Waals surface area (Å²) in [5.74, 6) is 1.04. The topological polar surface area (TPSA) is 95.1 Å². The highest BCUT2D eigenvalue weighted by Crippen LogP contribution is 2.29. The molecule has 0 atom stereocenters. The van der Waals surface area contributed by atoms with Gasteiger partial charge in [-0.1, -0.05) is 31.2 Å². The summed E-state index contributed by atoms with van der Waals surface area (Å²) in [6.45, 7) is 5.61. The first kappa shape index (κ1) is 23.4. The van der Waals surface area contributed by atoms with Crippen LogP contribution in [0.15, 0.2) is 66.0 Å². The number of nitroso groups, excluding NO2 is 1. The highest BCUT2D eigenvalue weighted by atomic mass is 16.3. The van der Waals surface area contributed by atoms with Gasteiger partial charge in [-0.3, -0.25) is 4.90 Å². The summed E-state index contributed by atoms with van der Waals surface area (Å²) in [5, 5.41) is 21.3. The van der Waals surface area contributed by atoms with E-state index in [9.17, 15) is 10.0 Å². The second kappa shape index (κ2) is 10.9.